The molecular formula is C15H16N2O4S. The van der Waals surface area contributed by atoms with Crippen molar-refractivity contribution in [3.8, 4) is 11.3 Å². The van der Waals surface area contributed by atoms with Crippen molar-refractivity contribution in [1.29, 1.82) is 0 Å². The molecule has 1 N–H and O–H groups in total. The van der Waals surface area contributed by atoms with Gasteiger partial charge in [-0.05, 0) is 13.3 Å². The number of carbonyl (C=O) groups is 1. The van der Waals surface area contributed by atoms with Gasteiger partial charge in [0, 0.05) is 17.7 Å². The van der Waals surface area contributed by atoms with Crippen molar-refractivity contribution in [2.75, 3.05) is 11.5 Å². The summed E-state index contributed by atoms with van der Waals surface area (Å²) in [6, 6.07) is 8.91. The van der Waals surface area contributed by atoms with Gasteiger partial charge >= 0.3 is 0 Å². The fraction of sp³-hybridized carbons (Fsp3) is 0.333. The molecular weight excluding hydrogens is 304 g/mol. The predicted molar refractivity (Wildman–Crippen MR) is 81.2 cm³/mol. The van der Waals surface area contributed by atoms with E-state index in [0.717, 1.165) is 11.1 Å². The number of sulfone groups is 1. The van der Waals surface area contributed by atoms with Gasteiger partial charge in [-0.3, -0.25) is 4.79 Å². The summed E-state index contributed by atoms with van der Waals surface area (Å²) in [5, 5.41) is 6.56. The van der Waals surface area contributed by atoms with E-state index < -0.39 is 15.7 Å². The second-order valence-corrected chi connectivity index (χ2v) is 7.74. The highest BCUT2D eigenvalue weighted by molar-refractivity contribution is 7.91. The largest absolute Gasteiger partial charge is 0.350 e. The molecule has 1 saturated heterocycles. The van der Waals surface area contributed by atoms with Crippen LogP contribution < -0.4 is 5.32 Å². The summed E-state index contributed by atoms with van der Waals surface area (Å²) in [6.45, 7) is 1.99. The lowest BCUT2D eigenvalue weighted by Crippen LogP contribution is -2.35. The van der Waals surface area contributed by atoms with E-state index in [1.54, 1.807) is 6.07 Å². The number of nitrogens with one attached hydrogen (secondary N) is 1. The number of aromatic nitrogens is 1. The van der Waals surface area contributed by atoms with E-state index >= 15 is 0 Å². The van der Waals surface area contributed by atoms with Crippen molar-refractivity contribution < 1.29 is 17.7 Å². The van der Waals surface area contributed by atoms with Gasteiger partial charge < -0.3 is 9.84 Å². The lowest BCUT2D eigenvalue weighted by molar-refractivity contribution is 0.0904. The van der Waals surface area contributed by atoms with Crippen molar-refractivity contribution >= 4 is 15.7 Å². The standard InChI is InChI=1S/C15H16N2O4S/c1-10-2-4-11(5-3-10)13-8-14(21-17-13)15(18)16-12-6-7-22(19,20)9-12/h2-5,8,12H,6-7,9H2,1H3,(H,16,18). The number of carbonyl (C=O) groups excluding carboxylic acids is 1. The SMILES string of the molecule is Cc1ccc(-c2cc(C(=O)NC3CCS(=O)(=O)C3)on2)cc1. The zero-order chi connectivity index (χ0) is 15.7. The third-order valence-electron chi connectivity index (χ3n) is 3.65. The zero-order valence-corrected chi connectivity index (χ0v) is 12.9. The first-order valence-electron chi connectivity index (χ1n) is 6.98. The van der Waals surface area contributed by atoms with Gasteiger partial charge in [-0.15, -0.1) is 0 Å². The van der Waals surface area contributed by atoms with Crippen molar-refractivity contribution in [1.82, 2.24) is 10.5 Å². The highest BCUT2D eigenvalue weighted by Gasteiger charge is 2.30. The summed E-state index contributed by atoms with van der Waals surface area (Å²) in [4.78, 5) is 12.1. The van der Waals surface area contributed by atoms with Gasteiger partial charge in [0.2, 0.25) is 5.76 Å². The van der Waals surface area contributed by atoms with Gasteiger partial charge in [0.15, 0.2) is 9.84 Å². The Morgan fingerprint density at radius 2 is 2.05 bits per heavy atom. The molecule has 0 radical (unpaired) electrons. The van der Waals surface area contributed by atoms with Crippen LogP contribution in [0.25, 0.3) is 11.3 Å². The molecule has 116 valence electrons. The van der Waals surface area contributed by atoms with Gasteiger partial charge in [0.05, 0.1) is 11.5 Å². The first-order chi connectivity index (χ1) is 10.4. The Kier molecular flexibility index (Phi) is 3.74. The van der Waals surface area contributed by atoms with E-state index in [1.807, 2.05) is 31.2 Å². The molecule has 1 unspecified atom stereocenters. The van der Waals surface area contributed by atoms with E-state index in [-0.39, 0.29) is 23.3 Å². The minimum atomic E-state index is -3.03. The van der Waals surface area contributed by atoms with Gasteiger partial charge in [-0.25, -0.2) is 8.42 Å². The molecule has 1 aromatic carbocycles. The Balaban J connectivity index is 1.71. The predicted octanol–water partition coefficient (Wildman–Crippen LogP) is 1.57. The molecule has 2 aromatic rings. The van der Waals surface area contributed by atoms with Crippen LogP contribution in [0, 0.1) is 6.92 Å². The molecule has 0 bridgehead atoms. The Morgan fingerprint density at radius 1 is 1.32 bits per heavy atom. The van der Waals surface area contributed by atoms with Crippen LogP contribution in [0.1, 0.15) is 22.5 Å². The highest BCUT2D eigenvalue weighted by Crippen LogP contribution is 2.20. The molecule has 22 heavy (non-hydrogen) atoms. The molecule has 1 aliphatic rings. The van der Waals surface area contributed by atoms with Crippen LogP contribution >= 0.6 is 0 Å². The molecule has 0 aliphatic carbocycles. The summed E-state index contributed by atoms with van der Waals surface area (Å²) >= 11 is 0. The molecule has 0 spiro atoms. The average molecular weight is 320 g/mol. The van der Waals surface area contributed by atoms with Crippen LogP contribution in [-0.2, 0) is 9.84 Å². The summed E-state index contributed by atoms with van der Waals surface area (Å²) in [7, 11) is -3.03. The van der Waals surface area contributed by atoms with Crippen LogP contribution in [0.15, 0.2) is 34.9 Å². The number of benzene rings is 1. The quantitative estimate of drug-likeness (QED) is 0.927. The maximum absolute atomic E-state index is 12.1. The Morgan fingerprint density at radius 3 is 2.68 bits per heavy atom. The molecule has 1 aromatic heterocycles. The summed E-state index contributed by atoms with van der Waals surface area (Å²) < 4.78 is 27.8. The van der Waals surface area contributed by atoms with Gasteiger partial charge in [0.25, 0.3) is 5.91 Å². The van der Waals surface area contributed by atoms with E-state index in [1.165, 1.54) is 0 Å². The first-order valence-corrected chi connectivity index (χ1v) is 8.80. The fourth-order valence-electron chi connectivity index (χ4n) is 2.41. The first kappa shape index (κ1) is 14.8. The highest BCUT2D eigenvalue weighted by atomic mass is 32.2. The molecule has 0 saturated carbocycles. The smallest absolute Gasteiger partial charge is 0.290 e. The number of aryl methyl sites for hydroxylation is 1. The van der Waals surface area contributed by atoms with Crippen LogP contribution in [0.2, 0.25) is 0 Å². The second-order valence-electron chi connectivity index (χ2n) is 5.52. The van der Waals surface area contributed by atoms with Crippen molar-refractivity contribution in [2.45, 2.75) is 19.4 Å². The van der Waals surface area contributed by atoms with E-state index in [9.17, 15) is 13.2 Å². The Bertz CT molecular complexity index is 793. The van der Waals surface area contributed by atoms with E-state index in [4.69, 9.17) is 4.52 Å². The molecule has 6 nitrogen and oxygen atoms in total. The Hall–Kier alpha value is -2.15. The van der Waals surface area contributed by atoms with Crippen LogP contribution in [0.3, 0.4) is 0 Å². The molecule has 1 atom stereocenters. The summed E-state index contributed by atoms with van der Waals surface area (Å²) in [5.41, 5.74) is 2.56. The average Bonchev–Trinajstić information content (AvgIpc) is 3.06. The number of hydrogen-bond acceptors (Lipinski definition) is 5. The van der Waals surface area contributed by atoms with Crippen molar-refractivity contribution in [3.05, 3.63) is 41.7 Å². The van der Waals surface area contributed by atoms with E-state index in [2.05, 4.69) is 10.5 Å². The minimum absolute atomic E-state index is 0.0162. The van der Waals surface area contributed by atoms with Gasteiger partial charge in [-0.2, -0.15) is 0 Å². The number of rotatable bonds is 3. The van der Waals surface area contributed by atoms with Gasteiger partial charge in [-0.1, -0.05) is 35.0 Å². The summed E-state index contributed by atoms with van der Waals surface area (Å²) in [5.74, 6) is -0.256. The lowest BCUT2D eigenvalue weighted by atomic mass is 10.1. The third-order valence-corrected chi connectivity index (χ3v) is 5.42. The van der Waals surface area contributed by atoms with E-state index in [0.29, 0.717) is 12.1 Å². The number of amides is 1. The van der Waals surface area contributed by atoms with Crippen LogP contribution in [-0.4, -0.2) is 37.0 Å². The lowest BCUT2D eigenvalue weighted by Gasteiger charge is -2.07. The second kappa shape index (κ2) is 5.57. The molecule has 1 aliphatic heterocycles. The fourth-order valence-corrected chi connectivity index (χ4v) is 4.08. The third kappa shape index (κ3) is 3.19. The maximum Gasteiger partial charge on any atom is 0.290 e. The minimum Gasteiger partial charge on any atom is -0.350 e. The maximum atomic E-state index is 12.1. The number of hydrogen-bond donors (Lipinski definition) is 1. The summed E-state index contributed by atoms with van der Waals surface area (Å²) in [6.07, 6.45) is 0.438. The topological polar surface area (TPSA) is 89.3 Å². The molecule has 1 fully saturated rings. The normalized spacial score (nSPS) is 20.0. The van der Waals surface area contributed by atoms with Crippen LogP contribution in [0.5, 0.6) is 0 Å². The molecule has 1 amide bonds. The molecule has 2 heterocycles. The molecule has 3 rings (SSSR count). The monoisotopic (exact) mass is 320 g/mol. The molecule has 7 heteroatoms. The van der Waals surface area contributed by atoms with Crippen molar-refractivity contribution in [2.24, 2.45) is 0 Å². The van der Waals surface area contributed by atoms with Gasteiger partial charge in [0.1, 0.15) is 5.69 Å². The Labute approximate surface area is 128 Å². The van der Waals surface area contributed by atoms with Crippen molar-refractivity contribution in [3.63, 3.8) is 0 Å². The zero-order valence-electron chi connectivity index (χ0n) is 12.1. The van der Waals surface area contributed by atoms with Crippen LogP contribution in [0.4, 0.5) is 0 Å². The number of nitrogens with zero attached hydrogens (tertiary/aromatic N) is 1.